The summed E-state index contributed by atoms with van der Waals surface area (Å²) in [4.78, 5) is 19.4. The average Bonchev–Trinajstić information content (AvgIpc) is 3.25. The Bertz CT molecular complexity index is 950. The molecule has 0 radical (unpaired) electrons. The van der Waals surface area contributed by atoms with Crippen LogP contribution >= 0.6 is 0 Å². The molecule has 1 fully saturated rings. The second-order valence-corrected chi connectivity index (χ2v) is 7.12. The zero-order valence-corrected chi connectivity index (χ0v) is 15.7. The second-order valence-electron chi connectivity index (χ2n) is 7.12. The van der Waals surface area contributed by atoms with Crippen LogP contribution in [0.25, 0.3) is 11.5 Å². The van der Waals surface area contributed by atoms with Crippen molar-refractivity contribution in [2.75, 3.05) is 6.54 Å². The molecule has 0 spiro atoms. The van der Waals surface area contributed by atoms with Crippen molar-refractivity contribution in [3.05, 3.63) is 53.9 Å². The summed E-state index contributed by atoms with van der Waals surface area (Å²) in [5.41, 5.74) is 1.54. The van der Waals surface area contributed by atoms with Crippen LogP contribution in [0.5, 0.6) is 0 Å². The molecular weight excluding hydrogens is 361 g/mol. The topological polar surface area (TPSA) is 77.0 Å². The third-order valence-electron chi connectivity index (χ3n) is 5.02. The number of nitrogens with zero attached hydrogens (tertiary/aromatic N) is 5. The van der Waals surface area contributed by atoms with Gasteiger partial charge in [-0.05, 0) is 42.7 Å². The van der Waals surface area contributed by atoms with E-state index < -0.39 is 0 Å². The van der Waals surface area contributed by atoms with Crippen LogP contribution in [0.15, 0.2) is 41.2 Å². The Morgan fingerprint density at radius 2 is 2.07 bits per heavy atom. The van der Waals surface area contributed by atoms with E-state index in [9.17, 15) is 9.18 Å². The fraction of sp³-hybridized carbons (Fsp3) is 0.400. The lowest BCUT2D eigenvalue weighted by molar-refractivity contribution is -0.133. The molecule has 1 aromatic carbocycles. The molecule has 7 nitrogen and oxygen atoms in total. The lowest BCUT2D eigenvalue weighted by Crippen LogP contribution is -2.36. The molecule has 1 amide bonds. The molecule has 0 bridgehead atoms. The SMILES string of the molecule is Cn1cc(CC(=O)N2CCCCCC2c2noc(-c3ccc(F)cc3)n2)cn1. The molecule has 1 unspecified atom stereocenters. The summed E-state index contributed by atoms with van der Waals surface area (Å²) in [5, 5.41) is 8.27. The van der Waals surface area contributed by atoms with Crippen molar-refractivity contribution < 1.29 is 13.7 Å². The van der Waals surface area contributed by atoms with E-state index in [4.69, 9.17) is 4.52 Å². The largest absolute Gasteiger partial charge is 0.334 e. The maximum atomic E-state index is 13.1. The summed E-state index contributed by atoms with van der Waals surface area (Å²) in [5.74, 6) is 0.548. The van der Waals surface area contributed by atoms with Gasteiger partial charge in [0.2, 0.25) is 5.91 Å². The molecule has 1 aliphatic heterocycles. The number of hydrogen-bond acceptors (Lipinski definition) is 5. The lowest BCUT2D eigenvalue weighted by Gasteiger charge is -2.27. The Labute approximate surface area is 162 Å². The highest BCUT2D eigenvalue weighted by Gasteiger charge is 2.30. The zero-order valence-electron chi connectivity index (χ0n) is 15.7. The molecule has 8 heteroatoms. The maximum Gasteiger partial charge on any atom is 0.258 e. The number of benzene rings is 1. The van der Waals surface area contributed by atoms with Crippen LogP contribution in [0, 0.1) is 5.82 Å². The van der Waals surface area contributed by atoms with Gasteiger partial charge in [0, 0.05) is 25.4 Å². The number of aryl methyl sites for hydroxylation is 1. The van der Waals surface area contributed by atoms with Crippen LogP contribution in [-0.2, 0) is 18.3 Å². The lowest BCUT2D eigenvalue weighted by atomic mass is 10.1. The molecule has 0 N–H and O–H groups in total. The summed E-state index contributed by atoms with van der Waals surface area (Å²) in [7, 11) is 1.83. The van der Waals surface area contributed by atoms with E-state index in [2.05, 4.69) is 15.2 Å². The first-order valence-corrected chi connectivity index (χ1v) is 9.47. The Morgan fingerprint density at radius 3 is 2.82 bits per heavy atom. The van der Waals surface area contributed by atoms with Gasteiger partial charge in [-0.3, -0.25) is 9.48 Å². The van der Waals surface area contributed by atoms with Gasteiger partial charge < -0.3 is 9.42 Å². The van der Waals surface area contributed by atoms with Gasteiger partial charge in [0.1, 0.15) is 5.82 Å². The normalized spacial score (nSPS) is 17.5. The predicted octanol–water partition coefficient (Wildman–Crippen LogP) is 3.30. The highest BCUT2D eigenvalue weighted by atomic mass is 19.1. The first-order chi connectivity index (χ1) is 13.6. The number of amides is 1. The smallest absolute Gasteiger partial charge is 0.258 e. The van der Waals surface area contributed by atoms with Crippen molar-refractivity contribution in [1.29, 1.82) is 0 Å². The van der Waals surface area contributed by atoms with Crippen molar-refractivity contribution in [3.8, 4) is 11.5 Å². The quantitative estimate of drug-likeness (QED) is 0.691. The van der Waals surface area contributed by atoms with Crippen LogP contribution in [0.2, 0.25) is 0 Å². The molecule has 4 rings (SSSR count). The highest BCUT2D eigenvalue weighted by molar-refractivity contribution is 5.79. The molecule has 28 heavy (non-hydrogen) atoms. The minimum Gasteiger partial charge on any atom is -0.334 e. The van der Waals surface area contributed by atoms with Gasteiger partial charge in [0.05, 0.1) is 18.7 Å². The molecule has 0 saturated carbocycles. The van der Waals surface area contributed by atoms with E-state index in [0.29, 0.717) is 30.2 Å². The van der Waals surface area contributed by atoms with Crippen molar-refractivity contribution in [3.63, 3.8) is 0 Å². The number of halogens is 1. The predicted molar refractivity (Wildman–Crippen MR) is 99.5 cm³/mol. The number of hydrogen-bond donors (Lipinski definition) is 0. The van der Waals surface area contributed by atoms with Crippen LogP contribution in [0.4, 0.5) is 4.39 Å². The molecule has 1 saturated heterocycles. The minimum absolute atomic E-state index is 0.0352. The van der Waals surface area contributed by atoms with Crippen molar-refractivity contribution >= 4 is 5.91 Å². The third kappa shape index (κ3) is 3.95. The molecule has 1 aliphatic rings. The Balaban J connectivity index is 1.56. The molecule has 2 aromatic heterocycles. The summed E-state index contributed by atoms with van der Waals surface area (Å²) < 4.78 is 20.2. The standard InChI is InChI=1S/C20H22FN5O2/c1-25-13-14(12-22-25)11-18(27)26-10-4-2-3-5-17(26)19-23-20(28-24-19)15-6-8-16(21)9-7-15/h6-9,12-13,17H,2-5,10-11H2,1H3. The average molecular weight is 383 g/mol. The van der Waals surface area contributed by atoms with Crippen molar-refractivity contribution in [1.82, 2.24) is 24.8 Å². The van der Waals surface area contributed by atoms with Gasteiger partial charge in [-0.2, -0.15) is 10.1 Å². The first kappa shape index (κ1) is 18.3. The molecule has 0 aliphatic carbocycles. The number of carbonyl (C=O) groups excluding carboxylic acids is 1. The van der Waals surface area contributed by atoms with E-state index in [-0.39, 0.29) is 17.8 Å². The summed E-state index contributed by atoms with van der Waals surface area (Å²) in [6.45, 7) is 0.671. The van der Waals surface area contributed by atoms with Crippen LogP contribution in [0.1, 0.15) is 43.1 Å². The van der Waals surface area contributed by atoms with E-state index in [0.717, 1.165) is 31.2 Å². The number of likely N-dealkylation sites (tertiary alicyclic amines) is 1. The Morgan fingerprint density at radius 1 is 1.25 bits per heavy atom. The van der Waals surface area contributed by atoms with Crippen molar-refractivity contribution in [2.24, 2.45) is 7.05 Å². The highest BCUT2D eigenvalue weighted by Crippen LogP contribution is 2.30. The minimum atomic E-state index is -0.320. The van der Waals surface area contributed by atoms with Gasteiger partial charge in [0.25, 0.3) is 5.89 Å². The molecular formula is C20H22FN5O2. The van der Waals surface area contributed by atoms with Crippen molar-refractivity contribution in [2.45, 2.75) is 38.1 Å². The Kier molecular flexibility index (Phi) is 5.18. The van der Waals surface area contributed by atoms with E-state index in [1.54, 1.807) is 23.0 Å². The Hall–Kier alpha value is -3.03. The van der Waals surface area contributed by atoms with Gasteiger partial charge in [0.15, 0.2) is 5.82 Å². The fourth-order valence-corrected chi connectivity index (χ4v) is 3.59. The van der Waals surface area contributed by atoms with Crippen LogP contribution in [0.3, 0.4) is 0 Å². The molecule has 3 heterocycles. The van der Waals surface area contributed by atoms with E-state index >= 15 is 0 Å². The monoisotopic (exact) mass is 383 g/mol. The maximum absolute atomic E-state index is 13.1. The van der Waals surface area contributed by atoms with Gasteiger partial charge in [-0.15, -0.1) is 0 Å². The molecule has 1 atom stereocenters. The van der Waals surface area contributed by atoms with Gasteiger partial charge in [-0.1, -0.05) is 18.0 Å². The molecule has 146 valence electrons. The summed E-state index contributed by atoms with van der Waals surface area (Å²) in [6, 6.07) is 5.70. The first-order valence-electron chi connectivity index (χ1n) is 9.47. The number of aromatic nitrogens is 4. The van der Waals surface area contributed by atoms with E-state index in [1.807, 2.05) is 18.1 Å². The number of rotatable bonds is 4. The fourth-order valence-electron chi connectivity index (χ4n) is 3.59. The number of carbonyl (C=O) groups is 1. The van der Waals surface area contributed by atoms with Gasteiger partial charge in [-0.25, -0.2) is 4.39 Å². The molecule has 3 aromatic rings. The van der Waals surface area contributed by atoms with Crippen LogP contribution in [-0.4, -0.2) is 37.3 Å². The summed E-state index contributed by atoms with van der Waals surface area (Å²) in [6.07, 6.45) is 7.68. The summed E-state index contributed by atoms with van der Waals surface area (Å²) >= 11 is 0. The zero-order chi connectivity index (χ0) is 19.5. The van der Waals surface area contributed by atoms with Gasteiger partial charge >= 0.3 is 0 Å². The van der Waals surface area contributed by atoms with Crippen LogP contribution < -0.4 is 0 Å². The third-order valence-corrected chi connectivity index (χ3v) is 5.02. The second kappa shape index (κ2) is 7.92. The van der Waals surface area contributed by atoms with E-state index in [1.165, 1.54) is 12.1 Å².